The molecule has 13 heteroatoms. The van der Waals surface area contributed by atoms with Gasteiger partial charge in [-0.3, -0.25) is 9.56 Å². The van der Waals surface area contributed by atoms with Crippen molar-refractivity contribution in [3.8, 4) is 0 Å². The van der Waals surface area contributed by atoms with Gasteiger partial charge in [0, 0.05) is 13.7 Å². The molecule has 0 bridgehead atoms. The van der Waals surface area contributed by atoms with Crippen LogP contribution in [-0.4, -0.2) is 52.8 Å². The molecular weight excluding hydrogens is 352 g/mol. The summed E-state index contributed by atoms with van der Waals surface area (Å²) in [5.41, 5.74) is 6.07. The second-order valence-corrected chi connectivity index (χ2v) is 6.42. The predicted octanol–water partition coefficient (Wildman–Crippen LogP) is -4.66. The van der Waals surface area contributed by atoms with Gasteiger partial charge in [-0.1, -0.05) is 6.29 Å². The second kappa shape index (κ2) is 9.85. The van der Waals surface area contributed by atoms with Crippen molar-refractivity contribution in [1.82, 2.24) is 9.97 Å². The molecule has 0 aromatic carbocycles. The Bertz CT molecular complexity index is 707. The maximum atomic E-state index is 10.9. The molecule has 3 rings (SSSR count). The van der Waals surface area contributed by atoms with Crippen molar-refractivity contribution in [2.45, 2.75) is 12.5 Å². The zero-order valence-corrected chi connectivity index (χ0v) is 16.2. The van der Waals surface area contributed by atoms with Gasteiger partial charge in [-0.2, -0.15) is 0 Å². The Morgan fingerprint density at radius 3 is 2.83 bits per heavy atom. The van der Waals surface area contributed by atoms with E-state index in [1.54, 1.807) is 0 Å². The second-order valence-electron chi connectivity index (χ2n) is 4.52. The molecule has 2 aliphatic heterocycles. The van der Waals surface area contributed by atoms with Gasteiger partial charge in [-0.05, 0) is 0 Å². The fourth-order valence-electron chi connectivity index (χ4n) is 1.63. The fraction of sp³-hybridized carbons (Fsp3) is 0.545. The van der Waals surface area contributed by atoms with Gasteiger partial charge in [0.05, 0.1) is 6.10 Å². The van der Waals surface area contributed by atoms with Crippen LogP contribution in [-0.2, 0) is 18.6 Å². The number of aromatic nitrogens is 2. The minimum Gasteiger partial charge on any atom is -0.520 e. The van der Waals surface area contributed by atoms with Gasteiger partial charge in [0.25, 0.3) is 0 Å². The summed E-state index contributed by atoms with van der Waals surface area (Å²) < 4.78 is 24.9. The number of hydrogen-bond acceptors (Lipinski definition) is 10. The smallest absolute Gasteiger partial charge is 0.520 e. The summed E-state index contributed by atoms with van der Waals surface area (Å²) in [7, 11) is -2.53. The van der Waals surface area contributed by atoms with E-state index in [0.717, 1.165) is 7.11 Å². The minimum atomic E-state index is -3.65. The minimum absolute atomic E-state index is 0. The van der Waals surface area contributed by atoms with Crippen molar-refractivity contribution in [3.05, 3.63) is 23.5 Å². The zero-order valence-electron chi connectivity index (χ0n) is 13.3. The molecule has 2 atom stereocenters. The van der Waals surface area contributed by atoms with E-state index in [1.165, 1.54) is 6.33 Å². The summed E-state index contributed by atoms with van der Waals surface area (Å²) >= 11 is 0. The summed E-state index contributed by atoms with van der Waals surface area (Å²) in [6.07, 6.45) is 0.766. The van der Waals surface area contributed by atoms with E-state index in [9.17, 15) is 4.57 Å². The summed E-state index contributed by atoms with van der Waals surface area (Å²) in [4.78, 5) is 24.5. The Kier molecular flexibility index (Phi) is 8.85. The van der Waals surface area contributed by atoms with Crippen LogP contribution < -0.4 is 46.1 Å². The Hall–Kier alpha value is -0.490. The molecule has 0 saturated carbocycles. The van der Waals surface area contributed by atoms with Crippen molar-refractivity contribution >= 4 is 13.4 Å². The van der Waals surface area contributed by atoms with Crippen molar-refractivity contribution < 1.29 is 58.1 Å². The van der Waals surface area contributed by atoms with E-state index in [-0.39, 0.29) is 48.9 Å². The number of aliphatic hydroxyl groups is 1. The molecule has 2 aliphatic rings. The number of aliphatic hydroxyl groups excluding tert-OH is 1. The molecule has 1 saturated heterocycles. The van der Waals surface area contributed by atoms with Crippen LogP contribution in [0.5, 0.6) is 0 Å². The van der Waals surface area contributed by atoms with Gasteiger partial charge < -0.3 is 29.7 Å². The first kappa shape index (κ1) is 21.6. The van der Waals surface area contributed by atoms with Crippen LogP contribution in [0.4, 0.5) is 5.82 Å². The molecule has 1 unspecified atom stereocenters. The summed E-state index contributed by atoms with van der Waals surface area (Å²) in [6.45, 7) is 0.594. The normalized spacial score (nSPS) is 21.4. The molecule has 3 heterocycles. The van der Waals surface area contributed by atoms with Crippen molar-refractivity contribution in [3.63, 3.8) is 0 Å². The number of nitrogens with zero attached hydrogens (tertiary/aromatic N) is 4. The molecule has 0 amide bonds. The Morgan fingerprint density at radius 1 is 1.50 bits per heavy atom. The first-order chi connectivity index (χ1) is 10.9. The summed E-state index contributed by atoms with van der Waals surface area (Å²) in [5.74, 6) is 0.409. The molecule has 1 aromatic heterocycles. The predicted molar refractivity (Wildman–Crippen MR) is 76.2 cm³/mol. The summed E-state index contributed by atoms with van der Waals surface area (Å²) in [5, 5.41) is 9.62. The van der Waals surface area contributed by atoms with E-state index in [2.05, 4.69) is 24.5 Å². The Balaban J connectivity index is 0.000000236. The van der Waals surface area contributed by atoms with E-state index in [0.29, 0.717) is 23.3 Å². The van der Waals surface area contributed by atoms with Crippen LogP contribution in [0.25, 0.3) is 0 Å². The van der Waals surface area contributed by atoms with Crippen LogP contribution in [0.2, 0.25) is 0 Å². The van der Waals surface area contributed by atoms with Gasteiger partial charge in [0.1, 0.15) is 24.7 Å². The van der Waals surface area contributed by atoms with Crippen molar-refractivity contribution in [2.75, 3.05) is 32.5 Å². The molecule has 0 spiro atoms. The monoisotopic (exact) mass is 369 g/mol. The topological polar surface area (TPSA) is 162 Å². The molecule has 128 valence electrons. The summed E-state index contributed by atoms with van der Waals surface area (Å²) in [6, 6.07) is 0. The average molecular weight is 369 g/mol. The number of nitrogens with two attached hydrogens (primary N) is 1. The van der Waals surface area contributed by atoms with E-state index >= 15 is 0 Å². The average Bonchev–Trinajstić information content (AvgIpc) is 3.16. The zero-order chi connectivity index (χ0) is 16.9. The number of hydrogen-bond donors (Lipinski definition) is 3. The standard InChI is InChI=1S/C6H12O6P.C5H5N5.Na/c1-10-13(8,9)4-12-6-2-5(7)3-11-6;6-4-3-5(9-1-7-3)10-2-8-4;/h5,7H,2-4H2,1H3,(H,8,9);2H,1H2,(H2,6,8,9,10);/q-1;;+1/t5-;;/m0../s1. The quantitative estimate of drug-likeness (QED) is 0.269. The maximum absolute atomic E-state index is 10.9. The third kappa shape index (κ3) is 6.43. The molecule has 24 heavy (non-hydrogen) atoms. The molecular formula is C11H17N5NaO6P. The van der Waals surface area contributed by atoms with Crippen molar-refractivity contribution in [1.29, 1.82) is 0 Å². The third-order valence-electron chi connectivity index (χ3n) is 2.79. The molecule has 11 nitrogen and oxygen atoms in total. The van der Waals surface area contributed by atoms with Crippen molar-refractivity contribution in [2.24, 2.45) is 9.98 Å². The molecule has 1 fully saturated rings. The van der Waals surface area contributed by atoms with Gasteiger partial charge in [-0.25, -0.2) is 15.0 Å². The SMILES string of the molecule is COP(=O)(O)CO[C-]1C[C@H](O)CO1.Nc1ncnc2c1=NCN=2.[Na+]. The van der Waals surface area contributed by atoms with Gasteiger partial charge in [0.15, 0.2) is 11.3 Å². The van der Waals surface area contributed by atoms with Gasteiger partial charge in [-0.15, -0.1) is 6.42 Å². The van der Waals surface area contributed by atoms with E-state index in [4.69, 9.17) is 25.2 Å². The van der Waals surface area contributed by atoms with Gasteiger partial charge in [0.2, 0.25) is 0 Å². The Labute approximate surface area is 159 Å². The number of nitrogen functional groups attached to an aromatic ring is 1. The first-order valence-corrected chi connectivity index (χ1v) is 8.30. The van der Waals surface area contributed by atoms with Crippen LogP contribution in [0.15, 0.2) is 16.3 Å². The number of ether oxygens (including phenoxy) is 2. The van der Waals surface area contributed by atoms with E-state index < -0.39 is 20.0 Å². The molecule has 1 aromatic rings. The number of rotatable bonds is 4. The van der Waals surface area contributed by atoms with E-state index in [1.807, 2.05) is 0 Å². The molecule has 4 N–H and O–H groups in total. The largest absolute Gasteiger partial charge is 1.00 e. The van der Waals surface area contributed by atoms with Crippen LogP contribution in [0.1, 0.15) is 6.42 Å². The molecule has 0 aliphatic carbocycles. The van der Waals surface area contributed by atoms with Crippen LogP contribution in [0.3, 0.4) is 0 Å². The van der Waals surface area contributed by atoms with Crippen LogP contribution in [0, 0.1) is 6.29 Å². The fourth-order valence-corrected chi connectivity index (χ4v) is 2.04. The van der Waals surface area contributed by atoms with Crippen LogP contribution >= 0.6 is 7.60 Å². The Morgan fingerprint density at radius 2 is 2.25 bits per heavy atom. The maximum Gasteiger partial charge on any atom is 1.00 e. The number of anilines is 1. The first-order valence-electron chi connectivity index (χ1n) is 6.54. The third-order valence-corrected chi connectivity index (χ3v) is 3.82. The van der Waals surface area contributed by atoms with Gasteiger partial charge >= 0.3 is 37.2 Å². The number of fused-ring (bicyclic) bond motifs is 1. The molecule has 0 radical (unpaired) electrons.